The second kappa shape index (κ2) is 6.02. The van der Waals surface area contributed by atoms with Crippen molar-refractivity contribution in [2.75, 3.05) is 6.54 Å². The Morgan fingerprint density at radius 3 is 3.13 bits per heavy atom. The minimum Gasteiger partial charge on any atom is -0.431 e. The number of carbonyl (C=O) groups excluding carboxylic acids is 1. The summed E-state index contributed by atoms with van der Waals surface area (Å²) in [6.45, 7) is 3.44. The highest BCUT2D eigenvalue weighted by Gasteiger charge is 2.27. The summed E-state index contributed by atoms with van der Waals surface area (Å²) in [5.41, 5.74) is 2.87. The molecule has 0 saturated heterocycles. The van der Waals surface area contributed by atoms with Crippen molar-refractivity contribution >= 4 is 40.1 Å². The summed E-state index contributed by atoms with van der Waals surface area (Å²) in [7, 11) is 0. The number of hydrogen-bond acceptors (Lipinski definition) is 5. The van der Waals surface area contributed by atoms with Gasteiger partial charge >= 0.3 is 0 Å². The van der Waals surface area contributed by atoms with Gasteiger partial charge in [-0.15, -0.1) is 11.3 Å². The molecule has 4 nitrogen and oxygen atoms in total. The zero-order valence-corrected chi connectivity index (χ0v) is 14.3. The van der Waals surface area contributed by atoms with Crippen LogP contribution in [0.25, 0.3) is 11.1 Å². The number of benzene rings is 1. The van der Waals surface area contributed by atoms with E-state index in [1.54, 1.807) is 11.3 Å². The number of thioether (sulfide) groups is 1. The van der Waals surface area contributed by atoms with Crippen molar-refractivity contribution in [1.29, 1.82) is 0 Å². The largest absolute Gasteiger partial charge is 0.431 e. The Morgan fingerprint density at radius 2 is 2.26 bits per heavy atom. The maximum absolute atomic E-state index is 12.7. The van der Waals surface area contributed by atoms with Crippen molar-refractivity contribution in [2.24, 2.45) is 0 Å². The van der Waals surface area contributed by atoms with E-state index in [4.69, 9.17) is 4.42 Å². The van der Waals surface area contributed by atoms with E-state index in [2.05, 4.69) is 16.4 Å². The average molecular weight is 344 g/mol. The molecule has 1 aliphatic heterocycles. The molecule has 3 heterocycles. The Labute approximate surface area is 142 Å². The number of para-hydroxylation sites is 2. The average Bonchev–Trinajstić information content (AvgIpc) is 3.18. The maximum atomic E-state index is 12.7. The van der Waals surface area contributed by atoms with Crippen molar-refractivity contribution in [3.05, 3.63) is 46.2 Å². The Kier molecular flexibility index (Phi) is 3.87. The molecule has 1 amide bonds. The molecule has 0 radical (unpaired) electrons. The highest BCUT2D eigenvalue weighted by atomic mass is 32.2. The maximum Gasteiger partial charge on any atom is 0.257 e. The fourth-order valence-corrected chi connectivity index (χ4v) is 4.53. The third-order valence-corrected chi connectivity index (χ3v) is 5.97. The number of hydrogen-bond donors (Lipinski definition) is 0. The Bertz CT molecular complexity index is 822. The molecular formula is C17H16N2O2S2. The number of thiophene rings is 1. The van der Waals surface area contributed by atoms with Crippen molar-refractivity contribution in [3.8, 4) is 0 Å². The third kappa shape index (κ3) is 2.88. The Hall–Kier alpha value is -1.79. The van der Waals surface area contributed by atoms with E-state index in [0.29, 0.717) is 5.22 Å². The van der Waals surface area contributed by atoms with Gasteiger partial charge in [-0.25, -0.2) is 4.98 Å². The molecule has 1 atom stereocenters. The van der Waals surface area contributed by atoms with Crippen molar-refractivity contribution in [1.82, 2.24) is 9.88 Å². The van der Waals surface area contributed by atoms with E-state index in [1.165, 1.54) is 22.2 Å². The summed E-state index contributed by atoms with van der Waals surface area (Å²) in [4.78, 5) is 20.5. The lowest BCUT2D eigenvalue weighted by Crippen LogP contribution is -2.39. The summed E-state index contributed by atoms with van der Waals surface area (Å²) >= 11 is 3.17. The van der Waals surface area contributed by atoms with Crippen LogP contribution in [0, 0.1) is 0 Å². The van der Waals surface area contributed by atoms with Crippen LogP contribution in [0.4, 0.5) is 0 Å². The van der Waals surface area contributed by atoms with Crippen LogP contribution in [0.2, 0.25) is 0 Å². The normalized spacial score (nSPS) is 15.6. The standard InChI is InChI=1S/C17H16N2O2S2/c1-11(23-17-18-13-4-2-3-5-14(13)21-17)16(20)19-8-6-15-12(10-19)7-9-22-15/h2-5,7,9,11H,6,8,10H2,1H3. The van der Waals surface area contributed by atoms with E-state index >= 15 is 0 Å². The lowest BCUT2D eigenvalue weighted by Gasteiger charge is -2.28. The summed E-state index contributed by atoms with van der Waals surface area (Å²) in [5, 5.41) is 2.46. The molecule has 4 rings (SSSR count). The lowest BCUT2D eigenvalue weighted by molar-refractivity contribution is -0.131. The second-order valence-electron chi connectivity index (χ2n) is 5.59. The van der Waals surface area contributed by atoms with E-state index in [0.717, 1.165) is 30.6 Å². The number of oxazole rings is 1. The van der Waals surface area contributed by atoms with Crippen molar-refractivity contribution in [3.63, 3.8) is 0 Å². The molecule has 0 N–H and O–H groups in total. The molecule has 23 heavy (non-hydrogen) atoms. The zero-order chi connectivity index (χ0) is 15.8. The van der Waals surface area contributed by atoms with Gasteiger partial charge in [-0.1, -0.05) is 23.9 Å². The highest BCUT2D eigenvalue weighted by molar-refractivity contribution is 8.00. The van der Waals surface area contributed by atoms with E-state index in [9.17, 15) is 4.79 Å². The summed E-state index contributed by atoms with van der Waals surface area (Å²) < 4.78 is 5.70. The summed E-state index contributed by atoms with van der Waals surface area (Å²) in [5.74, 6) is 0.147. The SMILES string of the molecule is CC(Sc1nc2ccccc2o1)C(=O)N1CCc2sccc2C1. The van der Waals surface area contributed by atoms with Gasteiger partial charge in [-0.05, 0) is 42.5 Å². The zero-order valence-electron chi connectivity index (χ0n) is 12.7. The van der Waals surface area contributed by atoms with Crippen LogP contribution in [-0.2, 0) is 17.8 Å². The van der Waals surface area contributed by atoms with Crippen molar-refractivity contribution in [2.45, 2.75) is 30.4 Å². The fraction of sp³-hybridized carbons (Fsp3) is 0.294. The minimum atomic E-state index is -0.205. The molecule has 118 valence electrons. The van der Waals surface area contributed by atoms with Gasteiger partial charge in [0.1, 0.15) is 5.52 Å². The first kappa shape index (κ1) is 14.8. The lowest BCUT2D eigenvalue weighted by atomic mass is 10.1. The highest BCUT2D eigenvalue weighted by Crippen LogP contribution is 2.29. The first-order valence-electron chi connectivity index (χ1n) is 7.57. The Balaban J connectivity index is 1.46. The Morgan fingerprint density at radius 1 is 1.39 bits per heavy atom. The van der Waals surface area contributed by atoms with Crippen LogP contribution in [0.3, 0.4) is 0 Å². The fourth-order valence-electron chi connectivity index (χ4n) is 2.80. The van der Waals surface area contributed by atoms with Gasteiger partial charge in [0.2, 0.25) is 5.91 Å². The molecule has 1 unspecified atom stereocenters. The molecule has 0 bridgehead atoms. The third-order valence-electron chi connectivity index (χ3n) is 4.02. The topological polar surface area (TPSA) is 46.3 Å². The van der Waals surface area contributed by atoms with Crippen LogP contribution in [0.1, 0.15) is 17.4 Å². The first-order chi connectivity index (χ1) is 11.2. The predicted octanol–water partition coefficient (Wildman–Crippen LogP) is 3.95. The van der Waals surface area contributed by atoms with Crippen LogP contribution in [0.5, 0.6) is 0 Å². The molecular weight excluding hydrogens is 328 g/mol. The monoisotopic (exact) mass is 344 g/mol. The van der Waals surface area contributed by atoms with Crippen LogP contribution in [-0.4, -0.2) is 27.6 Å². The number of amides is 1. The molecule has 1 aliphatic rings. The molecule has 0 aliphatic carbocycles. The van der Waals surface area contributed by atoms with E-state index < -0.39 is 0 Å². The summed E-state index contributed by atoms with van der Waals surface area (Å²) in [6.07, 6.45) is 0.957. The molecule has 3 aromatic rings. The van der Waals surface area contributed by atoms with Gasteiger partial charge in [0.15, 0.2) is 5.58 Å². The van der Waals surface area contributed by atoms with E-state index in [1.807, 2.05) is 36.1 Å². The molecule has 2 aromatic heterocycles. The van der Waals surface area contributed by atoms with Crippen LogP contribution >= 0.6 is 23.1 Å². The smallest absolute Gasteiger partial charge is 0.257 e. The summed E-state index contributed by atoms with van der Waals surface area (Å²) in [6, 6.07) is 9.78. The molecule has 0 spiro atoms. The van der Waals surface area contributed by atoms with Gasteiger partial charge in [0.25, 0.3) is 5.22 Å². The molecule has 0 saturated carbocycles. The predicted molar refractivity (Wildman–Crippen MR) is 92.8 cm³/mol. The number of rotatable bonds is 3. The molecule has 6 heteroatoms. The van der Waals surface area contributed by atoms with Crippen molar-refractivity contribution < 1.29 is 9.21 Å². The first-order valence-corrected chi connectivity index (χ1v) is 9.33. The minimum absolute atomic E-state index is 0.147. The number of nitrogens with zero attached hydrogens (tertiary/aromatic N) is 2. The van der Waals surface area contributed by atoms with E-state index in [-0.39, 0.29) is 11.2 Å². The molecule has 0 fully saturated rings. The quantitative estimate of drug-likeness (QED) is 0.675. The van der Waals surface area contributed by atoms with Gasteiger partial charge in [0.05, 0.1) is 5.25 Å². The molecule has 1 aromatic carbocycles. The van der Waals surface area contributed by atoms with Gasteiger partial charge in [-0.2, -0.15) is 0 Å². The van der Waals surface area contributed by atoms with Gasteiger partial charge < -0.3 is 9.32 Å². The number of fused-ring (bicyclic) bond motifs is 2. The van der Waals surface area contributed by atoms with Crippen LogP contribution in [0.15, 0.2) is 45.4 Å². The number of aromatic nitrogens is 1. The van der Waals surface area contributed by atoms with Gasteiger partial charge in [0, 0.05) is 18.0 Å². The van der Waals surface area contributed by atoms with Gasteiger partial charge in [-0.3, -0.25) is 4.79 Å². The van der Waals surface area contributed by atoms with Crippen LogP contribution < -0.4 is 0 Å². The second-order valence-corrected chi connectivity index (χ2v) is 7.88. The number of carbonyl (C=O) groups is 1.